The van der Waals surface area contributed by atoms with Gasteiger partial charge in [0, 0.05) is 11.6 Å². The summed E-state index contributed by atoms with van der Waals surface area (Å²) in [5.74, 6) is 0. The van der Waals surface area contributed by atoms with Crippen molar-refractivity contribution < 1.29 is 0 Å². The lowest BCUT2D eigenvalue weighted by Crippen LogP contribution is -2.19. The van der Waals surface area contributed by atoms with Crippen molar-refractivity contribution in [2.45, 2.75) is 6.92 Å². The van der Waals surface area contributed by atoms with E-state index in [4.69, 9.17) is 0 Å². The number of nitrogens with one attached hydrogen (secondary N) is 2. The van der Waals surface area contributed by atoms with Crippen LogP contribution >= 0.6 is 11.3 Å². The monoisotopic (exact) mass is 171 g/mol. The Morgan fingerprint density at radius 1 is 1.64 bits per heavy atom. The highest BCUT2D eigenvalue weighted by molar-refractivity contribution is 7.09. The third kappa shape index (κ3) is 3.64. The quantitative estimate of drug-likeness (QED) is 0.609. The predicted octanol–water partition coefficient (Wildman–Crippen LogP) is 0.870. The zero-order valence-corrected chi connectivity index (χ0v) is 6.93. The fraction of sp³-hybridized carbons (Fsp3) is 0.400. The molecule has 60 valence electrons. The van der Waals surface area contributed by atoms with Gasteiger partial charge in [0.05, 0.1) is 5.01 Å². The molecule has 0 unspecified atom stereocenters. The van der Waals surface area contributed by atoms with Crippen molar-refractivity contribution in [1.29, 1.82) is 0 Å². The van der Waals surface area contributed by atoms with Crippen molar-refractivity contribution in [3.05, 3.63) is 16.6 Å². The van der Waals surface area contributed by atoms with Gasteiger partial charge in [-0.15, -0.1) is 11.3 Å². The van der Waals surface area contributed by atoms with E-state index < -0.39 is 0 Å². The molecule has 1 aliphatic heterocycles. The van der Waals surface area contributed by atoms with Crippen LogP contribution in [0.4, 0.5) is 0 Å². The first-order chi connectivity index (χ1) is 5.39. The normalized spacial score (nSPS) is 13.5. The summed E-state index contributed by atoms with van der Waals surface area (Å²) in [7, 11) is 0. The molecule has 0 bridgehead atoms. The minimum absolute atomic E-state index is 0.597. The van der Waals surface area contributed by atoms with Crippen molar-refractivity contribution in [2.24, 2.45) is 10.3 Å². The van der Waals surface area contributed by atoms with Gasteiger partial charge in [-0.3, -0.25) is 4.98 Å². The molecule has 5 nitrogen and oxygen atoms in total. The topological polar surface area (TPSA) is 61.7 Å². The Bertz CT molecular complexity index is 201. The van der Waals surface area contributed by atoms with Gasteiger partial charge in [0.2, 0.25) is 0 Å². The highest BCUT2D eigenvalue weighted by atomic mass is 32.1. The van der Waals surface area contributed by atoms with Gasteiger partial charge in [-0.25, -0.2) is 5.53 Å². The largest absolute Gasteiger partial charge is 0.250 e. The molecular weight excluding hydrogens is 162 g/mol. The van der Waals surface area contributed by atoms with Crippen LogP contribution in [-0.4, -0.2) is 11.7 Å². The number of rotatable bonds is 0. The molecule has 2 N–H and O–H groups in total. The highest BCUT2D eigenvalue weighted by Gasteiger charge is 1.81. The van der Waals surface area contributed by atoms with Gasteiger partial charge < -0.3 is 0 Å². The first-order valence-corrected chi connectivity index (χ1v) is 3.98. The number of aromatic nitrogens is 1. The molecule has 0 aromatic carbocycles. The molecule has 1 aromatic rings. The molecule has 0 amide bonds. The molecule has 6 heteroatoms. The van der Waals surface area contributed by atoms with E-state index in [-0.39, 0.29) is 0 Å². The smallest absolute Gasteiger partial charge is 0.130 e. The number of thiazole rings is 1. The van der Waals surface area contributed by atoms with Gasteiger partial charge in [0.25, 0.3) is 0 Å². The summed E-state index contributed by atoms with van der Waals surface area (Å²) >= 11 is 1.67. The maximum atomic E-state index is 3.94. The minimum atomic E-state index is 0.597. The number of nitrogens with zero attached hydrogens (tertiary/aromatic N) is 3. The molecule has 0 atom stereocenters. The van der Waals surface area contributed by atoms with Crippen LogP contribution in [0.2, 0.25) is 0 Å². The average molecular weight is 171 g/mol. The van der Waals surface area contributed by atoms with E-state index >= 15 is 0 Å². The van der Waals surface area contributed by atoms with Crippen molar-refractivity contribution >= 4 is 11.3 Å². The SMILES string of the molecule is C1N=NNN1.Cc1nccs1. The number of aryl methyl sites for hydroxylation is 1. The van der Waals surface area contributed by atoms with Gasteiger partial charge >= 0.3 is 0 Å². The summed E-state index contributed by atoms with van der Waals surface area (Å²) in [6.45, 7) is 2.59. The molecule has 2 heterocycles. The second-order valence-electron chi connectivity index (χ2n) is 1.74. The molecule has 0 radical (unpaired) electrons. The van der Waals surface area contributed by atoms with E-state index in [1.54, 1.807) is 17.5 Å². The van der Waals surface area contributed by atoms with Crippen LogP contribution in [0, 0.1) is 6.92 Å². The summed E-state index contributed by atoms with van der Waals surface area (Å²) in [4.78, 5) is 3.94. The van der Waals surface area contributed by atoms with E-state index in [1.807, 2.05) is 12.3 Å². The second kappa shape index (κ2) is 4.75. The van der Waals surface area contributed by atoms with E-state index in [0.717, 1.165) is 5.01 Å². The van der Waals surface area contributed by atoms with Gasteiger partial charge in [0.15, 0.2) is 0 Å². The Labute approximate surface area is 68.5 Å². The minimum Gasteiger partial charge on any atom is -0.250 e. The number of hydrogen-bond donors (Lipinski definition) is 2. The molecule has 1 aromatic heterocycles. The van der Waals surface area contributed by atoms with E-state index in [0.29, 0.717) is 6.67 Å². The van der Waals surface area contributed by atoms with Crippen LogP contribution in [-0.2, 0) is 0 Å². The first kappa shape index (κ1) is 8.09. The molecule has 0 spiro atoms. The van der Waals surface area contributed by atoms with Crippen LogP contribution in [0.5, 0.6) is 0 Å². The Balaban J connectivity index is 0.000000112. The van der Waals surface area contributed by atoms with Crippen LogP contribution in [0.3, 0.4) is 0 Å². The zero-order valence-electron chi connectivity index (χ0n) is 6.11. The Morgan fingerprint density at radius 2 is 2.55 bits per heavy atom. The summed E-state index contributed by atoms with van der Waals surface area (Å²) in [6, 6.07) is 0. The lowest BCUT2D eigenvalue weighted by atomic mass is 10.8. The van der Waals surface area contributed by atoms with Crippen molar-refractivity contribution in [1.82, 2.24) is 15.9 Å². The molecular formula is C5H9N5S. The van der Waals surface area contributed by atoms with Crippen LogP contribution in [0.25, 0.3) is 0 Å². The Kier molecular flexibility index (Phi) is 3.49. The third-order valence-corrected chi connectivity index (χ3v) is 1.61. The summed E-state index contributed by atoms with van der Waals surface area (Å²) in [5.41, 5.74) is 5.07. The third-order valence-electron chi connectivity index (χ3n) is 0.905. The summed E-state index contributed by atoms with van der Waals surface area (Å²) in [6.07, 6.45) is 1.81. The predicted molar refractivity (Wildman–Crippen MR) is 42.8 cm³/mol. The van der Waals surface area contributed by atoms with Crippen LogP contribution < -0.4 is 11.0 Å². The van der Waals surface area contributed by atoms with Crippen LogP contribution in [0.15, 0.2) is 21.9 Å². The standard InChI is InChI=1S/C4H5NS.CH4N4/c1-4-5-2-3-6-4;1-2-4-5-3-1/h2-3H,1H3;1H2,(H,2,5)(H,3,4). The maximum Gasteiger partial charge on any atom is 0.130 e. The fourth-order valence-electron chi connectivity index (χ4n) is 0.471. The zero-order chi connectivity index (χ0) is 7.94. The second-order valence-corrected chi connectivity index (χ2v) is 2.84. The number of hydrogen-bond acceptors (Lipinski definition) is 6. The average Bonchev–Trinajstić information content (AvgIpc) is 2.57. The molecule has 0 aliphatic carbocycles. The lowest BCUT2D eigenvalue weighted by Gasteiger charge is -1.77. The Morgan fingerprint density at radius 3 is 2.73 bits per heavy atom. The lowest BCUT2D eigenvalue weighted by molar-refractivity contribution is 0.651. The van der Waals surface area contributed by atoms with Gasteiger partial charge in [-0.2, -0.15) is 10.5 Å². The highest BCUT2D eigenvalue weighted by Crippen LogP contribution is 1.98. The van der Waals surface area contributed by atoms with E-state index in [1.165, 1.54) is 0 Å². The fourth-order valence-corrected chi connectivity index (χ4v) is 0.912. The van der Waals surface area contributed by atoms with Gasteiger partial charge in [-0.05, 0) is 6.92 Å². The number of hydrazine groups is 1. The van der Waals surface area contributed by atoms with Crippen molar-refractivity contribution in [2.75, 3.05) is 6.67 Å². The molecule has 11 heavy (non-hydrogen) atoms. The maximum absolute atomic E-state index is 3.94. The van der Waals surface area contributed by atoms with Gasteiger partial charge in [-0.1, -0.05) is 5.22 Å². The van der Waals surface area contributed by atoms with Gasteiger partial charge in [0.1, 0.15) is 6.67 Å². The summed E-state index contributed by atoms with van der Waals surface area (Å²) in [5, 5.41) is 9.94. The Hall–Kier alpha value is -1.01. The first-order valence-electron chi connectivity index (χ1n) is 3.10. The van der Waals surface area contributed by atoms with E-state index in [9.17, 15) is 0 Å². The van der Waals surface area contributed by atoms with E-state index in [2.05, 4.69) is 26.3 Å². The summed E-state index contributed by atoms with van der Waals surface area (Å²) < 4.78 is 0. The molecule has 0 saturated heterocycles. The van der Waals surface area contributed by atoms with Crippen LogP contribution in [0.1, 0.15) is 5.01 Å². The van der Waals surface area contributed by atoms with Crippen molar-refractivity contribution in [3.8, 4) is 0 Å². The molecule has 0 fully saturated rings. The van der Waals surface area contributed by atoms with Crippen molar-refractivity contribution in [3.63, 3.8) is 0 Å². The molecule has 2 rings (SSSR count). The molecule has 1 aliphatic rings. The molecule has 0 saturated carbocycles.